The van der Waals surface area contributed by atoms with Crippen molar-refractivity contribution < 1.29 is 4.39 Å². The van der Waals surface area contributed by atoms with Crippen LogP contribution in [0.3, 0.4) is 0 Å². The first kappa shape index (κ1) is 8.71. The monoisotopic (exact) mass is 166 g/mol. The van der Waals surface area contributed by atoms with Crippen molar-refractivity contribution in [3.05, 3.63) is 35.6 Å². The van der Waals surface area contributed by atoms with Crippen LogP contribution in [-0.4, -0.2) is 5.84 Å². The molecule has 0 saturated heterocycles. The molecule has 1 rings (SSSR count). The second-order valence-corrected chi connectivity index (χ2v) is 2.62. The lowest BCUT2D eigenvalue weighted by Gasteiger charge is -2.00. The smallest absolute Gasteiger partial charge is 0.126 e. The maximum absolute atomic E-state index is 12.9. The van der Waals surface area contributed by atoms with Crippen LogP contribution in [-0.2, 0) is 6.42 Å². The van der Waals surface area contributed by atoms with Crippen molar-refractivity contribution in [3.63, 3.8) is 0 Å². The minimum Gasteiger partial charge on any atom is -0.388 e. The molecule has 0 aliphatic carbocycles. The van der Waals surface area contributed by atoms with Crippen molar-refractivity contribution in [2.45, 2.75) is 12.8 Å². The lowest BCUT2D eigenvalue weighted by Crippen LogP contribution is -2.10. The van der Waals surface area contributed by atoms with Gasteiger partial charge in [-0.1, -0.05) is 18.2 Å². The molecule has 3 N–H and O–H groups in total. The summed E-state index contributed by atoms with van der Waals surface area (Å²) in [6, 6.07) is 6.54. The van der Waals surface area contributed by atoms with Crippen molar-refractivity contribution >= 4 is 5.84 Å². The minimum absolute atomic E-state index is 0.0956. The molecule has 1 aromatic rings. The Balaban J connectivity index is 2.63. The summed E-state index contributed by atoms with van der Waals surface area (Å²) in [6.45, 7) is 0. The fraction of sp³-hybridized carbons (Fsp3) is 0.222. The Kier molecular flexibility index (Phi) is 2.80. The number of halogens is 1. The summed E-state index contributed by atoms with van der Waals surface area (Å²) < 4.78 is 12.9. The first-order valence-electron chi connectivity index (χ1n) is 3.76. The molecule has 0 amide bonds. The predicted molar refractivity (Wildman–Crippen MR) is 46.6 cm³/mol. The van der Waals surface area contributed by atoms with E-state index in [4.69, 9.17) is 11.1 Å². The van der Waals surface area contributed by atoms with Crippen LogP contribution in [0.2, 0.25) is 0 Å². The lowest BCUT2D eigenvalue weighted by atomic mass is 10.1. The van der Waals surface area contributed by atoms with Crippen LogP contribution in [0.5, 0.6) is 0 Å². The van der Waals surface area contributed by atoms with Crippen molar-refractivity contribution in [2.75, 3.05) is 0 Å². The van der Waals surface area contributed by atoms with E-state index in [2.05, 4.69) is 0 Å². The van der Waals surface area contributed by atoms with Gasteiger partial charge in [-0.3, -0.25) is 5.41 Å². The Morgan fingerprint density at radius 2 is 2.08 bits per heavy atom. The lowest BCUT2D eigenvalue weighted by molar-refractivity contribution is 0.610. The third kappa shape index (κ3) is 2.34. The topological polar surface area (TPSA) is 49.9 Å². The molecule has 2 nitrogen and oxygen atoms in total. The van der Waals surface area contributed by atoms with Crippen LogP contribution in [0.25, 0.3) is 0 Å². The summed E-state index contributed by atoms with van der Waals surface area (Å²) in [5.41, 5.74) is 5.77. The molecule has 0 aromatic heterocycles. The van der Waals surface area contributed by atoms with Crippen LogP contribution in [0.15, 0.2) is 24.3 Å². The van der Waals surface area contributed by atoms with Gasteiger partial charge in [0.1, 0.15) is 5.82 Å². The van der Waals surface area contributed by atoms with Gasteiger partial charge in [-0.2, -0.15) is 0 Å². The third-order valence-electron chi connectivity index (χ3n) is 1.62. The second-order valence-electron chi connectivity index (χ2n) is 2.62. The summed E-state index contributed by atoms with van der Waals surface area (Å²) in [7, 11) is 0. The van der Waals surface area contributed by atoms with Gasteiger partial charge in [0, 0.05) is 6.42 Å². The van der Waals surface area contributed by atoms with Crippen molar-refractivity contribution in [2.24, 2.45) is 5.73 Å². The molecule has 0 aliphatic heterocycles. The van der Waals surface area contributed by atoms with Crippen LogP contribution in [0.1, 0.15) is 12.0 Å². The van der Waals surface area contributed by atoms with Crippen molar-refractivity contribution in [3.8, 4) is 0 Å². The molecule has 0 heterocycles. The first-order valence-corrected chi connectivity index (χ1v) is 3.76. The average molecular weight is 166 g/mol. The predicted octanol–water partition coefficient (Wildman–Crippen LogP) is 1.69. The normalized spacial score (nSPS) is 9.75. The maximum atomic E-state index is 12.9. The molecular formula is C9H11FN2. The van der Waals surface area contributed by atoms with E-state index in [1.807, 2.05) is 0 Å². The number of rotatable bonds is 3. The minimum atomic E-state index is -0.223. The van der Waals surface area contributed by atoms with Gasteiger partial charge in [0.15, 0.2) is 0 Å². The summed E-state index contributed by atoms with van der Waals surface area (Å²) in [4.78, 5) is 0. The highest BCUT2D eigenvalue weighted by molar-refractivity contribution is 5.77. The molecule has 64 valence electrons. The molecule has 0 atom stereocenters. The Bertz CT molecular complexity index is 284. The zero-order valence-electron chi connectivity index (χ0n) is 6.68. The summed E-state index contributed by atoms with van der Waals surface area (Å²) in [6.07, 6.45) is 0.920. The van der Waals surface area contributed by atoms with Gasteiger partial charge in [-0.25, -0.2) is 4.39 Å². The van der Waals surface area contributed by atoms with E-state index in [0.29, 0.717) is 18.4 Å². The number of aryl methyl sites for hydroxylation is 1. The number of nitrogens with two attached hydrogens (primary N) is 1. The molecule has 3 heteroatoms. The van der Waals surface area contributed by atoms with Crippen molar-refractivity contribution in [1.82, 2.24) is 0 Å². The van der Waals surface area contributed by atoms with E-state index in [0.717, 1.165) is 0 Å². The molecule has 0 unspecified atom stereocenters. The maximum Gasteiger partial charge on any atom is 0.126 e. The summed E-state index contributed by atoms with van der Waals surface area (Å²) >= 11 is 0. The largest absolute Gasteiger partial charge is 0.388 e. The van der Waals surface area contributed by atoms with Gasteiger partial charge >= 0.3 is 0 Å². The van der Waals surface area contributed by atoms with Gasteiger partial charge in [0.05, 0.1) is 5.84 Å². The SMILES string of the molecule is N=C(N)CCc1ccccc1F. The van der Waals surface area contributed by atoms with Crippen LogP contribution < -0.4 is 5.73 Å². The zero-order valence-corrected chi connectivity index (χ0v) is 6.68. The molecule has 0 aliphatic rings. The van der Waals surface area contributed by atoms with E-state index in [-0.39, 0.29) is 11.7 Å². The Morgan fingerprint density at radius 3 is 2.67 bits per heavy atom. The average Bonchev–Trinajstić information content (AvgIpc) is 2.03. The number of hydrogen-bond acceptors (Lipinski definition) is 1. The van der Waals surface area contributed by atoms with E-state index in [9.17, 15) is 4.39 Å². The van der Waals surface area contributed by atoms with Gasteiger partial charge in [-0.15, -0.1) is 0 Å². The molecule has 0 fully saturated rings. The number of benzene rings is 1. The molecule has 0 saturated carbocycles. The van der Waals surface area contributed by atoms with Gasteiger partial charge < -0.3 is 5.73 Å². The highest BCUT2D eigenvalue weighted by Gasteiger charge is 2.00. The van der Waals surface area contributed by atoms with Gasteiger partial charge in [-0.05, 0) is 18.1 Å². The summed E-state index contributed by atoms with van der Waals surface area (Å²) in [5, 5.41) is 6.97. The molecule has 12 heavy (non-hydrogen) atoms. The second kappa shape index (κ2) is 3.85. The highest BCUT2D eigenvalue weighted by atomic mass is 19.1. The molecular weight excluding hydrogens is 155 g/mol. The van der Waals surface area contributed by atoms with Gasteiger partial charge in [0.25, 0.3) is 0 Å². The Hall–Kier alpha value is -1.38. The van der Waals surface area contributed by atoms with Crippen LogP contribution >= 0.6 is 0 Å². The van der Waals surface area contributed by atoms with E-state index >= 15 is 0 Å². The number of nitrogens with one attached hydrogen (secondary N) is 1. The van der Waals surface area contributed by atoms with E-state index < -0.39 is 0 Å². The quantitative estimate of drug-likeness (QED) is 0.521. The highest BCUT2D eigenvalue weighted by Crippen LogP contribution is 2.08. The Morgan fingerprint density at radius 1 is 1.42 bits per heavy atom. The van der Waals surface area contributed by atoms with Gasteiger partial charge in [0.2, 0.25) is 0 Å². The van der Waals surface area contributed by atoms with Crippen LogP contribution in [0.4, 0.5) is 4.39 Å². The first-order chi connectivity index (χ1) is 5.70. The standard InChI is InChI=1S/C9H11FN2/c10-8-4-2-1-3-7(8)5-6-9(11)12/h1-4H,5-6H2,(H3,11,12). The van der Waals surface area contributed by atoms with E-state index in [1.165, 1.54) is 6.07 Å². The number of hydrogen-bond donors (Lipinski definition) is 2. The molecule has 0 spiro atoms. The van der Waals surface area contributed by atoms with Crippen LogP contribution in [0, 0.1) is 11.2 Å². The fourth-order valence-electron chi connectivity index (χ4n) is 0.970. The fourth-order valence-corrected chi connectivity index (χ4v) is 0.970. The third-order valence-corrected chi connectivity index (χ3v) is 1.62. The molecule has 0 bridgehead atoms. The summed E-state index contributed by atoms with van der Waals surface area (Å²) in [5.74, 6) is -0.128. The Labute approximate surface area is 70.7 Å². The zero-order chi connectivity index (χ0) is 8.97. The van der Waals surface area contributed by atoms with Crippen molar-refractivity contribution in [1.29, 1.82) is 5.41 Å². The molecule has 1 aromatic carbocycles. The number of amidine groups is 1. The van der Waals surface area contributed by atoms with E-state index in [1.54, 1.807) is 18.2 Å². The molecule has 0 radical (unpaired) electrons.